The molecule has 2 bridgehead atoms. The van der Waals surface area contributed by atoms with Crippen LogP contribution in [0, 0.1) is 0 Å². The number of ether oxygens (including phenoxy) is 3. The number of amides is 1. The van der Waals surface area contributed by atoms with Crippen LogP contribution in [0.15, 0.2) is 0 Å². The van der Waals surface area contributed by atoms with E-state index in [4.69, 9.17) is 14.2 Å². The van der Waals surface area contributed by atoms with E-state index < -0.39 is 30.1 Å². The molecule has 7 nitrogen and oxygen atoms in total. The molecule has 5 unspecified atom stereocenters. The number of nitrogens with one attached hydrogen (secondary N) is 1. The number of hydrogen-bond acceptors (Lipinski definition) is 6. The highest BCUT2D eigenvalue weighted by Crippen LogP contribution is 2.37. The van der Waals surface area contributed by atoms with Crippen molar-refractivity contribution in [2.75, 3.05) is 19.8 Å². The van der Waals surface area contributed by atoms with Gasteiger partial charge < -0.3 is 29.7 Å². The minimum absolute atomic E-state index is 0.139. The zero-order chi connectivity index (χ0) is 15.5. The highest BCUT2D eigenvalue weighted by molar-refractivity contribution is 5.73. The van der Waals surface area contributed by atoms with Gasteiger partial charge in [0.25, 0.3) is 0 Å². The van der Waals surface area contributed by atoms with Crippen molar-refractivity contribution in [1.82, 2.24) is 5.32 Å². The number of unbranched alkanes of at least 4 members (excludes halogenated alkanes) is 2. The lowest BCUT2D eigenvalue weighted by Crippen LogP contribution is -2.66. The predicted molar refractivity (Wildman–Crippen MR) is 73.5 cm³/mol. The summed E-state index contributed by atoms with van der Waals surface area (Å²) in [6.07, 6.45) is 0.0723. The van der Waals surface area contributed by atoms with Gasteiger partial charge in [-0.2, -0.15) is 0 Å². The second kappa shape index (κ2) is 7.02. The number of aliphatic hydroxyl groups is 2. The Morgan fingerprint density at radius 2 is 2.19 bits per heavy atom. The van der Waals surface area contributed by atoms with E-state index in [-0.39, 0.29) is 19.1 Å². The summed E-state index contributed by atoms with van der Waals surface area (Å²) in [7, 11) is 0. The average molecular weight is 303 g/mol. The van der Waals surface area contributed by atoms with Gasteiger partial charge in [0.15, 0.2) is 6.29 Å². The van der Waals surface area contributed by atoms with Gasteiger partial charge in [-0.15, -0.1) is 0 Å². The second-order valence-electron chi connectivity index (χ2n) is 5.78. The van der Waals surface area contributed by atoms with Crippen LogP contribution in [-0.4, -0.2) is 66.1 Å². The molecule has 21 heavy (non-hydrogen) atoms. The van der Waals surface area contributed by atoms with Crippen LogP contribution in [0.1, 0.15) is 33.1 Å². The molecule has 0 spiro atoms. The lowest BCUT2D eigenvalue weighted by molar-refractivity contribution is -0.237. The second-order valence-corrected chi connectivity index (χ2v) is 5.78. The molecule has 0 aromatic rings. The van der Waals surface area contributed by atoms with Crippen molar-refractivity contribution in [3.05, 3.63) is 0 Å². The molecule has 0 aromatic heterocycles. The SMILES string of the molecule is CCCCCOCC12COC(O1)C(NC(C)=O)C(O)C2O. The average Bonchev–Trinajstić information content (AvgIpc) is 2.84. The van der Waals surface area contributed by atoms with Crippen LogP contribution < -0.4 is 5.32 Å². The summed E-state index contributed by atoms with van der Waals surface area (Å²) in [5.74, 6) is -0.311. The van der Waals surface area contributed by atoms with Crippen LogP contribution in [0.4, 0.5) is 0 Å². The first kappa shape index (κ1) is 16.6. The molecule has 122 valence electrons. The fourth-order valence-electron chi connectivity index (χ4n) is 2.77. The number of rotatable bonds is 7. The largest absolute Gasteiger partial charge is 0.388 e. The molecule has 2 aliphatic heterocycles. The Bertz CT molecular complexity index is 365. The van der Waals surface area contributed by atoms with Gasteiger partial charge in [0.05, 0.1) is 13.2 Å². The highest BCUT2D eigenvalue weighted by atomic mass is 16.7. The first-order valence-electron chi connectivity index (χ1n) is 7.50. The van der Waals surface area contributed by atoms with Crippen LogP contribution in [-0.2, 0) is 19.0 Å². The highest BCUT2D eigenvalue weighted by Gasteiger charge is 2.59. The van der Waals surface area contributed by atoms with E-state index in [9.17, 15) is 15.0 Å². The standard InChI is InChI=1S/C14H25NO6/c1-3-4-5-6-19-7-14-8-20-13(21-14)10(15-9(2)16)11(17)12(14)18/h10-13,17-18H,3-8H2,1-2H3,(H,15,16). The van der Waals surface area contributed by atoms with Gasteiger partial charge >= 0.3 is 0 Å². The summed E-state index contributed by atoms with van der Waals surface area (Å²) in [5.41, 5.74) is -1.05. The normalized spacial score (nSPS) is 38.5. The maximum Gasteiger partial charge on any atom is 0.217 e. The van der Waals surface area contributed by atoms with Gasteiger partial charge in [0, 0.05) is 13.5 Å². The van der Waals surface area contributed by atoms with Gasteiger partial charge in [0.2, 0.25) is 5.91 Å². The smallest absolute Gasteiger partial charge is 0.217 e. The predicted octanol–water partition coefficient (Wildman–Crippen LogP) is -0.455. The molecule has 2 heterocycles. The molecule has 2 rings (SSSR count). The fraction of sp³-hybridized carbons (Fsp3) is 0.929. The third kappa shape index (κ3) is 3.54. The zero-order valence-electron chi connectivity index (χ0n) is 12.6. The summed E-state index contributed by atoms with van der Waals surface area (Å²) >= 11 is 0. The maximum atomic E-state index is 11.2. The molecule has 0 aromatic carbocycles. The van der Waals surface area contributed by atoms with Crippen molar-refractivity contribution in [2.45, 2.75) is 63.3 Å². The lowest BCUT2D eigenvalue weighted by atomic mass is 9.88. The monoisotopic (exact) mass is 303 g/mol. The molecule has 3 N–H and O–H groups in total. The van der Waals surface area contributed by atoms with Crippen LogP contribution in [0.5, 0.6) is 0 Å². The Labute approximate surface area is 124 Å². The quantitative estimate of drug-likeness (QED) is 0.551. The number of fused-ring (bicyclic) bond motifs is 2. The summed E-state index contributed by atoms with van der Waals surface area (Å²) in [4.78, 5) is 11.2. The van der Waals surface area contributed by atoms with Crippen molar-refractivity contribution < 1.29 is 29.2 Å². The van der Waals surface area contributed by atoms with Crippen LogP contribution >= 0.6 is 0 Å². The molecule has 2 aliphatic rings. The number of carbonyl (C=O) groups excluding carboxylic acids is 1. The van der Waals surface area contributed by atoms with E-state index in [2.05, 4.69) is 12.2 Å². The first-order chi connectivity index (χ1) is 10.00. The number of aliphatic hydroxyl groups excluding tert-OH is 2. The van der Waals surface area contributed by atoms with E-state index in [1.807, 2.05) is 0 Å². The Morgan fingerprint density at radius 1 is 1.43 bits per heavy atom. The van der Waals surface area contributed by atoms with E-state index in [0.717, 1.165) is 19.3 Å². The van der Waals surface area contributed by atoms with E-state index >= 15 is 0 Å². The van der Waals surface area contributed by atoms with Gasteiger partial charge in [0.1, 0.15) is 23.9 Å². The zero-order valence-corrected chi connectivity index (χ0v) is 12.6. The first-order valence-corrected chi connectivity index (χ1v) is 7.50. The molecule has 0 radical (unpaired) electrons. The molecule has 1 amide bonds. The molecule has 7 heteroatoms. The Morgan fingerprint density at radius 3 is 2.86 bits per heavy atom. The van der Waals surface area contributed by atoms with Crippen LogP contribution in [0.2, 0.25) is 0 Å². The summed E-state index contributed by atoms with van der Waals surface area (Å²) < 4.78 is 16.8. The molecule has 0 aliphatic carbocycles. The molecule has 5 atom stereocenters. The van der Waals surface area contributed by atoms with Crippen molar-refractivity contribution >= 4 is 5.91 Å². The molecular formula is C14H25NO6. The molecule has 2 saturated heterocycles. The fourth-order valence-corrected chi connectivity index (χ4v) is 2.77. The van der Waals surface area contributed by atoms with Crippen LogP contribution in [0.3, 0.4) is 0 Å². The number of carbonyl (C=O) groups is 1. The molecule has 2 fully saturated rings. The summed E-state index contributed by atoms with van der Waals surface area (Å²) in [6.45, 7) is 4.34. The summed E-state index contributed by atoms with van der Waals surface area (Å²) in [6, 6.07) is -0.770. The minimum Gasteiger partial charge on any atom is -0.388 e. The number of hydrogen-bond donors (Lipinski definition) is 3. The molecular weight excluding hydrogens is 278 g/mol. The van der Waals surface area contributed by atoms with Crippen molar-refractivity contribution in [2.24, 2.45) is 0 Å². The lowest BCUT2D eigenvalue weighted by Gasteiger charge is -2.42. The summed E-state index contributed by atoms with van der Waals surface area (Å²) in [5, 5.41) is 23.1. The van der Waals surface area contributed by atoms with E-state index in [1.165, 1.54) is 6.92 Å². The van der Waals surface area contributed by atoms with Crippen LogP contribution in [0.25, 0.3) is 0 Å². The third-order valence-electron chi connectivity index (χ3n) is 3.97. The van der Waals surface area contributed by atoms with Gasteiger partial charge in [-0.3, -0.25) is 4.79 Å². The Balaban J connectivity index is 1.92. The van der Waals surface area contributed by atoms with Crippen molar-refractivity contribution in [3.8, 4) is 0 Å². The Kier molecular flexibility index (Phi) is 5.56. The van der Waals surface area contributed by atoms with Crippen molar-refractivity contribution in [1.29, 1.82) is 0 Å². The van der Waals surface area contributed by atoms with Gasteiger partial charge in [-0.25, -0.2) is 0 Å². The Hall–Kier alpha value is -0.730. The van der Waals surface area contributed by atoms with Gasteiger partial charge in [-0.1, -0.05) is 19.8 Å². The van der Waals surface area contributed by atoms with E-state index in [1.54, 1.807) is 0 Å². The molecule has 0 saturated carbocycles. The van der Waals surface area contributed by atoms with Crippen molar-refractivity contribution in [3.63, 3.8) is 0 Å². The maximum absolute atomic E-state index is 11.2. The van der Waals surface area contributed by atoms with E-state index in [0.29, 0.717) is 6.61 Å². The third-order valence-corrected chi connectivity index (χ3v) is 3.97. The topological polar surface area (TPSA) is 97.2 Å². The minimum atomic E-state index is -1.17. The van der Waals surface area contributed by atoms with Gasteiger partial charge in [-0.05, 0) is 6.42 Å².